The van der Waals surface area contributed by atoms with Gasteiger partial charge in [0.25, 0.3) is 0 Å². The molecule has 1 aliphatic heterocycles. The van der Waals surface area contributed by atoms with Crippen LogP contribution in [0.4, 0.5) is 5.69 Å². The van der Waals surface area contributed by atoms with Crippen molar-refractivity contribution >= 4 is 51.7 Å². The van der Waals surface area contributed by atoms with E-state index in [1.807, 2.05) is 13.8 Å². The number of rotatable bonds is 3. The van der Waals surface area contributed by atoms with Crippen molar-refractivity contribution in [3.63, 3.8) is 0 Å². The summed E-state index contributed by atoms with van der Waals surface area (Å²) >= 11 is 13.4. The Hall–Kier alpha value is -0.710. The second-order valence-corrected chi connectivity index (χ2v) is 6.50. The molecule has 3 nitrogen and oxygen atoms in total. The average molecular weight is 317 g/mol. The molecule has 1 aromatic rings. The van der Waals surface area contributed by atoms with Crippen LogP contribution in [0.5, 0.6) is 0 Å². The number of nitrogens with zero attached hydrogens (tertiary/aromatic N) is 2. The summed E-state index contributed by atoms with van der Waals surface area (Å²) in [5.41, 5.74) is 0.669. The first-order chi connectivity index (χ1) is 8.95. The minimum Gasteiger partial charge on any atom is -0.281 e. The molecule has 2 rings (SSSR count). The molecule has 1 fully saturated rings. The highest BCUT2D eigenvalue weighted by Gasteiger charge is 2.29. The Bertz CT molecular complexity index is 511. The number of hydrogen-bond acceptors (Lipinski definition) is 3. The summed E-state index contributed by atoms with van der Waals surface area (Å²) in [5.74, 6) is 1.12. The van der Waals surface area contributed by atoms with Crippen LogP contribution in [-0.4, -0.2) is 21.9 Å². The predicted octanol–water partition coefficient (Wildman–Crippen LogP) is 4.56. The number of thioether (sulfide) groups is 1. The SMILES string of the molecule is CC(C)CC(=O)N1CSC1=Nc1cc(Cl)cc(Cl)c1. The fraction of sp³-hybridized carbons (Fsp3) is 0.385. The summed E-state index contributed by atoms with van der Waals surface area (Å²) in [7, 11) is 0. The second kappa shape index (κ2) is 6.16. The molecular weight excluding hydrogens is 303 g/mol. The molecule has 0 aromatic heterocycles. The predicted molar refractivity (Wildman–Crippen MR) is 82.3 cm³/mol. The average Bonchev–Trinajstić information content (AvgIpc) is 2.21. The molecule has 0 unspecified atom stereocenters. The molecule has 0 aliphatic carbocycles. The van der Waals surface area contributed by atoms with Crippen molar-refractivity contribution in [3.05, 3.63) is 28.2 Å². The smallest absolute Gasteiger partial charge is 0.229 e. The van der Waals surface area contributed by atoms with Crippen LogP contribution in [0.15, 0.2) is 23.2 Å². The van der Waals surface area contributed by atoms with Crippen molar-refractivity contribution in [1.29, 1.82) is 0 Å². The van der Waals surface area contributed by atoms with Crippen molar-refractivity contribution in [2.24, 2.45) is 10.9 Å². The van der Waals surface area contributed by atoms with Gasteiger partial charge in [0.2, 0.25) is 5.91 Å². The fourth-order valence-electron chi connectivity index (χ4n) is 1.63. The maximum atomic E-state index is 11.9. The van der Waals surface area contributed by atoms with E-state index in [2.05, 4.69) is 4.99 Å². The van der Waals surface area contributed by atoms with Gasteiger partial charge in [0.1, 0.15) is 0 Å². The molecular formula is C13H14Cl2N2OS. The molecule has 1 aromatic carbocycles. The lowest BCUT2D eigenvalue weighted by Crippen LogP contribution is -2.43. The molecule has 0 bridgehead atoms. The van der Waals surface area contributed by atoms with Crippen LogP contribution in [0.1, 0.15) is 20.3 Å². The van der Waals surface area contributed by atoms with Gasteiger partial charge in [-0.05, 0) is 24.1 Å². The van der Waals surface area contributed by atoms with Crippen LogP contribution >= 0.6 is 35.0 Å². The Labute approximate surface area is 127 Å². The first-order valence-electron chi connectivity index (χ1n) is 5.93. The molecule has 0 radical (unpaired) electrons. The first-order valence-corrected chi connectivity index (χ1v) is 7.68. The number of aliphatic imine (C=N–C) groups is 1. The monoisotopic (exact) mass is 316 g/mol. The van der Waals surface area contributed by atoms with Gasteiger partial charge < -0.3 is 0 Å². The number of carbonyl (C=O) groups is 1. The molecule has 6 heteroatoms. The Kier molecular flexibility index (Phi) is 4.76. The number of benzene rings is 1. The lowest BCUT2D eigenvalue weighted by Gasteiger charge is -2.32. The lowest BCUT2D eigenvalue weighted by atomic mass is 10.1. The fourth-order valence-corrected chi connectivity index (χ4v) is 2.94. The van der Waals surface area contributed by atoms with Gasteiger partial charge in [-0.2, -0.15) is 0 Å². The van der Waals surface area contributed by atoms with E-state index in [1.54, 1.807) is 34.9 Å². The van der Waals surface area contributed by atoms with E-state index < -0.39 is 0 Å². The number of amides is 1. The summed E-state index contributed by atoms with van der Waals surface area (Å²) in [5, 5.41) is 1.79. The van der Waals surface area contributed by atoms with E-state index in [4.69, 9.17) is 23.2 Å². The highest BCUT2D eigenvalue weighted by molar-refractivity contribution is 8.15. The largest absolute Gasteiger partial charge is 0.281 e. The molecule has 1 amide bonds. The van der Waals surface area contributed by atoms with Crippen LogP contribution in [0.25, 0.3) is 0 Å². The summed E-state index contributed by atoms with van der Waals surface area (Å²) in [6.45, 7) is 4.05. The zero-order chi connectivity index (χ0) is 14.0. The highest BCUT2D eigenvalue weighted by atomic mass is 35.5. The first kappa shape index (κ1) is 14.7. The van der Waals surface area contributed by atoms with E-state index in [9.17, 15) is 4.79 Å². The Balaban J connectivity index is 2.13. The third-order valence-electron chi connectivity index (χ3n) is 2.51. The van der Waals surface area contributed by atoms with Crippen LogP contribution in [0.2, 0.25) is 10.0 Å². The van der Waals surface area contributed by atoms with E-state index in [0.29, 0.717) is 39.1 Å². The van der Waals surface area contributed by atoms with Gasteiger partial charge in [-0.25, -0.2) is 4.99 Å². The maximum Gasteiger partial charge on any atom is 0.229 e. The van der Waals surface area contributed by atoms with Gasteiger partial charge in [0.15, 0.2) is 5.17 Å². The highest BCUT2D eigenvalue weighted by Crippen LogP contribution is 2.30. The van der Waals surface area contributed by atoms with E-state index in [-0.39, 0.29) is 5.91 Å². The van der Waals surface area contributed by atoms with E-state index in [0.717, 1.165) is 0 Å². The van der Waals surface area contributed by atoms with E-state index >= 15 is 0 Å². The zero-order valence-corrected chi connectivity index (χ0v) is 13.0. The minimum absolute atomic E-state index is 0.112. The molecule has 0 saturated carbocycles. The summed E-state index contributed by atoms with van der Waals surface area (Å²) in [6, 6.07) is 5.11. The topological polar surface area (TPSA) is 32.7 Å². The Morgan fingerprint density at radius 3 is 2.47 bits per heavy atom. The van der Waals surface area contributed by atoms with Gasteiger partial charge in [0, 0.05) is 16.5 Å². The molecule has 102 valence electrons. The summed E-state index contributed by atoms with van der Waals surface area (Å²) < 4.78 is 0. The molecule has 19 heavy (non-hydrogen) atoms. The Morgan fingerprint density at radius 1 is 1.37 bits per heavy atom. The number of carbonyl (C=O) groups excluding carboxylic acids is 1. The number of hydrogen-bond donors (Lipinski definition) is 0. The van der Waals surface area contributed by atoms with Crippen molar-refractivity contribution in [2.45, 2.75) is 20.3 Å². The van der Waals surface area contributed by atoms with Crippen molar-refractivity contribution in [2.75, 3.05) is 5.88 Å². The van der Waals surface area contributed by atoms with Gasteiger partial charge in [-0.1, -0.05) is 48.8 Å². The minimum atomic E-state index is 0.112. The van der Waals surface area contributed by atoms with Crippen molar-refractivity contribution in [1.82, 2.24) is 4.90 Å². The number of halogens is 2. The van der Waals surface area contributed by atoms with Gasteiger partial charge in [-0.3, -0.25) is 9.69 Å². The summed E-state index contributed by atoms with van der Waals surface area (Å²) in [6.07, 6.45) is 0.538. The third kappa shape index (κ3) is 3.88. The second-order valence-electron chi connectivity index (χ2n) is 4.72. The zero-order valence-electron chi connectivity index (χ0n) is 10.7. The van der Waals surface area contributed by atoms with Gasteiger partial charge >= 0.3 is 0 Å². The summed E-state index contributed by atoms with van der Waals surface area (Å²) in [4.78, 5) is 18.1. The van der Waals surface area contributed by atoms with Gasteiger partial charge in [0.05, 0.1) is 11.6 Å². The van der Waals surface area contributed by atoms with Crippen molar-refractivity contribution < 1.29 is 4.79 Å². The lowest BCUT2D eigenvalue weighted by molar-refractivity contribution is -0.127. The molecule has 1 saturated heterocycles. The van der Waals surface area contributed by atoms with Gasteiger partial charge in [-0.15, -0.1) is 0 Å². The van der Waals surface area contributed by atoms with Crippen molar-refractivity contribution in [3.8, 4) is 0 Å². The normalized spacial score (nSPS) is 16.9. The molecule has 1 aliphatic rings. The van der Waals surface area contributed by atoms with Crippen LogP contribution in [0.3, 0.4) is 0 Å². The third-order valence-corrected chi connectivity index (χ3v) is 3.90. The molecule has 1 heterocycles. The Morgan fingerprint density at radius 2 is 2.00 bits per heavy atom. The molecule has 0 spiro atoms. The molecule has 0 atom stereocenters. The van der Waals surface area contributed by atoms with Crippen LogP contribution in [0, 0.1) is 5.92 Å². The van der Waals surface area contributed by atoms with E-state index in [1.165, 1.54) is 0 Å². The standard InChI is InChI=1S/C13H14Cl2N2OS/c1-8(2)3-12(18)17-7-19-13(17)16-11-5-9(14)4-10(15)6-11/h4-6,8H,3,7H2,1-2H3. The van der Waals surface area contributed by atoms with Crippen LogP contribution in [-0.2, 0) is 4.79 Å². The quantitative estimate of drug-likeness (QED) is 0.818. The molecule has 0 N–H and O–H groups in total. The van der Waals surface area contributed by atoms with Crippen LogP contribution < -0.4 is 0 Å². The maximum absolute atomic E-state index is 11.9. The number of amidine groups is 1.